The van der Waals surface area contributed by atoms with Gasteiger partial charge >= 0.3 is 0 Å². The minimum absolute atomic E-state index is 0.354. The molecule has 0 saturated carbocycles. The van der Waals surface area contributed by atoms with Gasteiger partial charge in [-0.2, -0.15) is 0 Å². The predicted molar refractivity (Wildman–Crippen MR) is 95.5 cm³/mol. The zero-order valence-corrected chi connectivity index (χ0v) is 14.4. The van der Waals surface area contributed by atoms with E-state index in [1.807, 2.05) is 0 Å². The third kappa shape index (κ3) is 9.36. The molecule has 0 fully saturated rings. The topological polar surface area (TPSA) is 40.5 Å². The third-order valence-electron chi connectivity index (χ3n) is 3.78. The van der Waals surface area contributed by atoms with Crippen molar-refractivity contribution < 1.29 is 14.6 Å². The van der Waals surface area contributed by atoms with Gasteiger partial charge in [0, 0.05) is 0 Å². The SMILES string of the molecule is CCCCCCCCCC(O)C#CC#CC(O)c1ccc(F)cc1. The van der Waals surface area contributed by atoms with Crippen LogP contribution in [0.5, 0.6) is 0 Å². The second kappa shape index (κ2) is 12.6. The van der Waals surface area contributed by atoms with Crippen LogP contribution in [0.3, 0.4) is 0 Å². The van der Waals surface area contributed by atoms with E-state index in [2.05, 4.69) is 30.6 Å². The number of aliphatic hydroxyl groups is 2. The monoisotopic (exact) mass is 330 g/mol. The number of hydrogen-bond acceptors (Lipinski definition) is 2. The van der Waals surface area contributed by atoms with E-state index >= 15 is 0 Å². The average Bonchev–Trinajstić information content (AvgIpc) is 2.58. The molecular weight excluding hydrogens is 303 g/mol. The molecular formula is C21H27FO2. The molecule has 0 aliphatic rings. The van der Waals surface area contributed by atoms with Crippen molar-refractivity contribution in [1.82, 2.24) is 0 Å². The highest BCUT2D eigenvalue weighted by molar-refractivity contribution is 5.32. The molecule has 3 heteroatoms. The Morgan fingerprint density at radius 1 is 0.875 bits per heavy atom. The second-order valence-corrected chi connectivity index (χ2v) is 5.92. The Kier molecular flexibility index (Phi) is 10.6. The molecule has 1 rings (SSSR count). The summed E-state index contributed by atoms with van der Waals surface area (Å²) in [5.74, 6) is 9.99. The van der Waals surface area contributed by atoms with Crippen LogP contribution < -0.4 is 0 Å². The number of halogens is 1. The maximum absolute atomic E-state index is 12.8. The lowest BCUT2D eigenvalue weighted by molar-refractivity contribution is 0.217. The summed E-state index contributed by atoms with van der Waals surface area (Å²) >= 11 is 0. The fourth-order valence-electron chi connectivity index (χ4n) is 2.32. The van der Waals surface area contributed by atoms with Crippen molar-refractivity contribution in [2.24, 2.45) is 0 Å². The van der Waals surface area contributed by atoms with Crippen molar-refractivity contribution in [1.29, 1.82) is 0 Å². The molecule has 2 nitrogen and oxygen atoms in total. The number of benzene rings is 1. The van der Waals surface area contributed by atoms with E-state index in [4.69, 9.17) is 0 Å². The Labute approximate surface area is 145 Å². The van der Waals surface area contributed by atoms with Crippen LogP contribution in [-0.2, 0) is 0 Å². The van der Waals surface area contributed by atoms with Crippen molar-refractivity contribution in [3.8, 4) is 23.7 Å². The average molecular weight is 330 g/mol. The van der Waals surface area contributed by atoms with Crippen LogP contribution in [0.4, 0.5) is 4.39 Å². The smallest absolute Gasteiger partial charge is 0.141 e. The molecule has 2 unspecified atom stereocenters. The fraction of sp³-hybridized carbons (Fsp3) is 0.524. The Morgan fingerprint density at radius 2 is 1.46 bits per heavy atom. The maximum Gasteiger partial charge on any atom is 0.141 e. The standard InChI is InChI=1S/C21H27FO2/c1-2-3-4-5-6-7-8-11-20(23)12-9-10-13-21(24)18-14-16-19(22)17-15-18/h14-17,20-21,23-24H,2-8,11H2,1H3. The third-order valence-corrected chi connectivity index (χ3v) is 3.78. The summed E-state index contributed by atoms with van der Waals surface area (Å²) < 4.78 is 12.8. The molecule has 0 amide bonds. The van der Waals surface area contributed by atoms with Crippen LogP contribution in [0.2, 0.25) is 0 Å². The lowest BCUT2D eigenvalue weighted by atomic mass is 10.1. The number of rotatable bonds is 9. The summed E-state index contributed by atoms with van der Waals surface area (Å²) in [5.41, 5.74) is 0.523. The molecule has 0 aliphatic carbocycles. The number of hydrogen-bond donors (Lipinski definition) is 2. The van der Waals surface area contributed by atoms with Gasteiger partial charge in [0.2, 0.25) is 0 Å². The Balaban J connectivity index is 2.24. The van der Waals surface area contributed by atoms with Gasteiger partial charge in [0.1, 0.15) is 18.0 Å². The van der Waals surface area contributed by atoms with Crippen LogP contribution in [0, 0.1) is 29.5 Å². The van der Waals surface area contributed by atoms with Crippen molar-refractivity contribution >= 4 is 0 Å². The van der Waals surface area contributed by atoms with Crippen LogP contribution in [0.1, 0.15) is 70.0 Å². The van der Waals surface area contributed by atoms with Gasteiger partial charge in [-0.1, -0.05) is 69.4 Å². The lowest BCUT2D eigenvalue weighted by Gasteiger charge is -2.03. The van der Waals surface area contributed by atoms with Crippen molar-refractivity contribution in [3.05, 3.63) is 35.6 Å². The van der Waals surface area contributed by atoms with Gasteiger partial charge in [0.25, 0.3) is 0 Å². The minimum Gasteiger partial charge on any atom is -0.380 e. The highest BCUT2D eigenvalue weighted by atomic mass is 19.1. The van der Waals surface area contributed by atoms with Crippen LogP contribution in [-0.4, -0.2) is 16.3 Å². The number of aliphatic hydroxyl groups excluding tert-OH is 2. The molecule has 0 aliphatic heterocycles. The zero-order chi connectivity index (χ0) is 17.6. The second-order valence-electron chi connectivity index (χ2n) is 5.92. The van der Waals surface area contributed by atoms with Gasteiger partial charge in [-0.15, -0.1) is 0 Å². The van der Waals surface area contributed by atoms with Crippen LogP contribution >= 0.6 is 0 Å². The molecule has 0 saturated heterocycles. The Bertz CT molecular complexity index is 572. The first-order valence-electron chi connectivity index (χ1n) is 8.76. The van der Waals surface area contributed by atoms with Gasteiger partial charge in [0.05, 0.1) is 0 Å². The van der Waals surface area contributed by atoms with Crippen molar-refractivity contribution in [2.75, 3.05) is 0 Å². The van der Waals surface area contributed by atoms with E-state index in [1.54, 1.807) is 0 Å². The highest BCUT2D eigenvalue weighted by Gasteiger charge is 2.02. The molecule has 0 radical (unpaired) electrons. The molecule has 1 aromatic carbocycles. The van der Waals surface area contributed by atoms with E-state index in [9.17, 15) is 14.6 Å². The first-order valence-corrected chi connectivity index (χ1v) is 8.76. The summed E-state index contributed by atoms with van der Waals surface area (Å²) in [5, 5.41) is 19.6. The van der Waals surface area contributed by atoms with E-state index in [0.29, 0.717) is 12.0 Å². The first-order chi connectivity index (χ1) is 11.6. The van der Waals surface area contributed by atoms with E-state index in [1.165, 1.54) is 56.4 Å². The summed E-state index contributed by atoms with van der Waals surface area (Å²) in [4.78, 5) is 0. The molecule has 1 aromatic rings. The molecule has 0 aromatic heterocycles. The highest BCUT2D eigenvalue weighted by Crippen LogP contribution is 2.12. The summed E-state index contributed by atoms with van der Waals surface area (Å²) in [7, 11) is 0. The molecule has 24 heavy (non-hydrogen) atoms. The summed E-state index contributed by atoms with van der Waals surface area (Å²) in [6.07, 6.45) is 7.41. The quantitative estimate of drug-likeness (QED) is 0.521. The molecule has 130 valence electrons. The van der Waals surface area contributed by atoms with Gasteiger partial charge in [-0.3, -0.25) is 0 Å². The summed E-state index contributed by atoms with van der Waals surface area (Å²) in [6.45, 7) is 2.20. The van der Waals surface area contributed by atoms with Gasteiger partial charge in [0.15, 0.2) is 0 Å². The minimum atomic E-state index is -1.000. The van der Waals surface area contributed by atoms with E-state index < -0.39 is 12.2 Å². The molecule has 0 bridgehead atoms. The normalized spacial score (nSPS) is 12.5. The van der Waals surface area contributed by atoms with E-state index in [0.717, 1.165) is 12.8 Å². The molecule has 0 heterocycles. The van der Waals surface area contributed by atoms with Gasteiger partial charge in [-0.05, 0) is 42.4 Å². The van der Waals surface area contributed by atoms with Gasteiger partial charge < -0.3 is 10.2 Å². The fourth-order valence-corrected chi connectivity index (χ4v) is 2.32. The van der Waals surface area contributed by atoms with Crippen molar-refractivity contribution in [3.63, 3.8) is 0 Å². The Morgan fingerprint density at radius 3 is 2.12 bits per heavy atom. The van der Waals surface area contributed by atoms with E-state index in [-0.39, 0.29) is 5.82 Å². The lowest BCUT2D eigenvalue weighted by Crippen LogP contribution is -2.02. The maximum atomic E-state index is 12.8. The first kappa shape index (κ1) is 20.2. The Hall–Kier alpha value is -1.81. The molecule has 2 N–H and O–H groups in total. The summed E-state index contributed by atoms with van der Waals surface area (Å²) in [6, 6.07) is 5.52. The van der Waals surface area contributed by atoms with Crippen molar-refractivity contribution in [2.45, 2.75) is 70.5 Å². The van der Waals surface area contributed by atoms with Crippen LogP contribution in [0.15, 0.2) is 24.3 Å². The number of unbranched alkanes of at least 4 members (excludes halogenated alkanes) is 6. The van der Waals surface area contributed by atoms with Crippen LogP contribution in [0.25, 0.3) is 0 Å². The molecule has 0 spiro atoms. The predicted octanol–water partition coefficient (Wildman–Crippen LogP) is 4.37. The largest absolute Gasteiger partial charge is 0.380 e. The molecule has 2 atom stereocenters. The van der Waals surface area contributed by atoms with Gasteiger partial charge in [-0.25, -0.2) is 4.39 Å². The zero-order valence-electron chi connectivity index (χ0n) is 14.4.